The Hall–Kier alpha value is -2.69. The number of nitrogens with one attached hydrogen (secondary N) is 1. The summed E-state index contributed by atoms with van der Waals surface area (Å²) in [5.41, 5.74) is 9.95. The van der Waals surface area contributed by atoms with Crippen molar-refractivity contribution in [1.29, 1.82) is 0 Å². The number of nitrogen functional groups attached to an aromatic ring is 1. The molecule has 1 saturated carbocycles. The zero-order valence-electron chi connectivity index (χ0n) is 14.5. The van der Waals surface area contributed by atoms with Gasteiger partial charge in [-0.2, -0.15) is 4.98 Å². The average Bonchev–Trinajstić information content (AvgIpc) is 2.63. The summed E-state index contributed by atoms with van der Waals surface area (Å²) in [5.74, 6) is 1.15. The van der Waals surface area contributed by atoms with Crippen molar-refractivity contribution in [3.8, 4) is 11.3 Å². The van der Waals surface area contributed by atoms with Crippen molar-refractivity contribution in [2.75, 3.05) is 11.1 Å². The van der Waals surface area contributed by atoms with Crippen molar-refractivity contribution in [2.24, 2.45) is 0 Å². The van der Waals surface area contributed by atoms with Crippen LogP contribution in [0.2, 0.25) is 0 Å². The summed E-state index contributed by atoms with van der Waals surface area (Å²) < 4.78 is 0. The van der Waals surface area contributed by atoms with E-state index < -0.39 is 0 Å². The van der Waals surface area contributed by atoms with Gasteiger partial charge in [-0.15, -0.1) is 0 Å². The summed E-state index contributed by atoms with van der Waals surface area (Å²) in [6.45, 7) is 2.04. The molecule has 1 fully saturated rings. The van der Waals surface area contributed by atoms with Crippen LogP contribution in [-0.2, 0) is 0 Å². The second kappa shape index (κ2) is 6.67. The number of hydrogen-bond donors (Lipinski definition) is 2. The third-order valence-corrected chi connectivity index (χ3v) is 4.87. The summed E-state index contributed by atoms with van der Waals surface area (Å²) in [7, 11) is 0. The average molecular weight is 333 g/mol. The van der Waals surface area contributed by atoms with E-state index in [1.165, 1.54) is 32.1 Å². The molecule has 5 nitrogen and oxygen atoms in total. The molecule has 0 spiro atoms. The molecule has 1 aromatic carbocycles. The molecule has 3 aromatic rings. The molecule has 0 saturated heterocycles. The van der Waals surface area contributed by atoms with E-state index in [0.717, 1.165) is 33.5 Å². The zero-order valence-corrected chi connectivity index (χ0v) is 14.5. The van der Waals surface area contributed by atoms with E-state index in [9.17, 15) is 0 Å². The molecule has 5 heteroatoms. The van der Waals surface area contributed by atoms with E-state index in [-0.39, 0.29) is 0 Å². The monoisotopic (exact) mass is 333 g/mol. The van der Waals surface area contributed by atoms with Crippen molar-refractivity contribution < 1.29 is 0 Å². The first-order valence-electron chi connectivity index (χ1n) is 8.96. The highest BCUT2D eigenvalue weighted by molar-refractivity contribution is 5.93. The first-order valence-corrected chi connectivity index (χ1v) is 8.96. The van der Waals surface area contributed by atoms with Gasteiger partial charge in [0.2, 0.25) is 5.95 Å². The normalized spacial score (nSPS) is 15.4. The van der Waals surface area contributed by atoms with Gasteiger partial charge in [0.15, 0.2) is 0 Å². The number of benzene rings is 1. The van der Waals surface area contributed by atoms with Gasteiger partial charge in [-0.1, -0.05) is 31.4 Å². The molecule has 0 aliphatic heterocycles. The first-order chi connectivity index (χ1) is 12.2. The minimum atomic E-state index is 0.312. The Morgan fingerprint density at radius 1 is 1.04 bits per heavy atom. The van der Waals surface area contributed by atoms with Crippen LogP contribution in [0.1, 0.15) is 37.7 Å². The van der Waals surface area contributed by atoms with Crippen LogP contribution in [0.3, 0.4) is 0 Å². The van der Waals surface area contributed by atoms with Gasteiger partial charge in [0.25, 0.3) is 0 Å². The maximum Gasteiger partial charge on any atom is 0.222 e. The minimum Gasteiger partial charge on any atom is -0.368 e. The van der Waals surface area contributed by atoms with Gasteiger partial charge in [0.1, 0.15) is 5.82 Å². The number of fused-ring (bicyclic) bond motifs is 1. The summed E-state index contributed by atoms with van der Waals surface area (Å²) in [4.78, 5) is 13.4. The lowest BCUT2D eigenvalue weighted by molar-refractivity contribution is 0.462. The highest BCUT2D eigenvalue weighted by Gasteiger charge is 2.16. The number of hydrogen-bond acceptors (Lipinski definition) is 5. The Labute approximate surface area is 147 Å². The third kappa shape index (κ3) is 3.40. The van der Waals surface area contributed by atoms with E-state index >= 15 is 0 Å². The number of nitrogens with zero attached hydrogens (tertiary/aromatic N) is 3. The van der Waals surface area contributed by atoms with E-state index in [4.69, 9.17) is 5.73 Å². The fourth-order valence-electron chi connectivity index (χ4n) is 3.49. The van der Waals surface area contributed by atoms with Crippen molar-refractivity contribution in [3.05, 3.63) is 42.1 Å². The minimum absolute atomic E-state index is 0.312. The Balaban J connectivity index is 1.75. The SMILES string of the molecule is Cc1ccc(-c2ccc3nc(N)nc(NC4CCCCC4)c3c2)nc1. The predicted octanol–water partition coefficient (Wildman–Crippen LogP) is 4.33. The van der Waals surface area contributed by atoms with Crippen LogP contribution in [0.5, 0.6) is 0 Å². The molecule has 0 radical (unpaired) electrons. The second-order valence-corrected chi connectivity index (χ2v) is 6.86. The van der Waals surface area contributed by atoms with Crippen molar-refractivity contribution >= 4 is 22.7 Å². The van der Waals surface area contributed by atoms with Gasteiger partial charge in [-0.05, 0) is 43.5 Å². The quantitative estimate of drug-likeness (QED) is 0.746. The largest absolute Gasteiger partial charge is 0.368 e. The molecule has 128 valence electrons. The number of pyridine rings is 1. The lowest BCUT2D eigenvalue weighted by Gasteiger charge is -2.24. The summed E-state index contributed by atoms with van der Waals surface area (Å²) in [5, 5.41) is 4.60. The van der Waals surface area contributed by atoms with Gasteiger partial charge < -0.3 is 11.1 Å². The lowest BCUT2D eigenvalue weighted by atomic mass is 9.95. The zero-order chi connectivity index (χ0) is 17.2. The molecule has 0 amide bonds. The van der Waals surface area contributed by atoms with Gasteiger partial charge in [0, 0.05) is 23.2 Å². The van der Waals surface area contributed by atoms with Crippen molar-refractivity contribution in [3.63, 3.8) is 0 Å². The molecule has 1 aliphatic rings. The van der Waals surface area contributed by atoms with Crippen LogP contribution in [0, 0.1) is 6.92 Å². The second-order valence-electron chi connectivity index (χ2n) is 6.86. The van der Waals surface area contributed by atoms with Crippen LogP contribution in [0.15, 0.2) is 36.5 Å². The molecular formula is C20H23N5. The van der Waals surface area contributed by atoms with Gasteiger partial charge >= 0.3 is 0 Å². The molecule has 1 aliphatic carbocycles. The van der Waals surface area contributed by atoms with Crippen LogP contribution in [-0.4, -0.2) is 21.0 Å². The Morgan fingerprint density at radius 2 is 1.88 bits per heavy atom. The van der Waals surface area contributed by atoms with Gasteiger partial charge in [-0.25, -0.2) is 4.98 Å². The highest BCUT2D eigenvalue weighted by atomic mass is 15.1. The van der Waals surface area contributed by atoms with E-state index in [2.05, 4.69) is 32.4 Å². The fourth-order valence-corrected chi connectivity index (χ4v) is 3.49. The molecule has 0 bridgehead atoms. The number of anilines is 2. The molecule has 3 N–H and O–H groups in total. The summed E-state index contributed by atoms with van der Waals surface area (Å²) in [6.07, 6.45) is 8.13. The fraction of sp³-hybridized carbons (Fsp3) is 0.350. The molecule has 4 rings (SSSR count). The molecule has 2 heterocycles. The van der Waals surface area contributed by atoms with Crippen molar-refractivity contribution in [2.45, 2.75) is 45.1 Å². The summed E-state index contributed by atoms with van der Waals surface area (Å²) in [6, 6.07) is 10.7. The lowest BCUT2D eigenvalue weighted by Crippen LogP contribution is -2.23. The molecule has 0 atom stereocenters. The topological polar surface area (TPSA) is 76.7 Å². The highest BCUT2D eigenvalue weighted by Crippen LogP contribution is 2.29. The molecule has 25 heavy (non-hydrogen) atoms. The van der Waals surface area contributed by atoms with Crippen LogP contribution < -0.4 is 11.1 Å². The first kappa shape index (κ1) is 15.8. The van der Waals surface area contributed by atoms with Crippen LogP contribution in [0.25, 0.3) is 22.2 Å². The van der Waals surface area contributed by atoms with Crippen LogP contribution in [0.4, 0.5) is 11.8 Å². The smallest absolute Gasteiger partial charge is 0.222 e. The van der Waals surface area contributed by atoms with E-state index in [1.54, 1.807) is 0 Å². The number of aromatic nitrogens is 3. The molecule has 2 aromatic heterocycles. The molecular weight excluding hydrogens is 310 g/mol. The standard InChI is InChI=1S/C20H23N5/c1-13-7-9-17(22-12-13)14-8-10-18-16(11-14)19(25-20(21)24-18)23-15-5-3-2-4-6-15/h7-12,15H,2-6H2,1H3,(H3,21,23,24,25). The summed E-state index contributed by atoms with van der Waals surface area (Å²) >= 11 is 0. The third-order valence-electron chi connectivity index (χ3n) is 4.87. The Bertz CT molecular complexity index is 882. The maximum atomic E-state index is 5.92. The number of rotatable bonds is 3. The van der Waals surface area contributed by atoms with Crippen molar-refractivity contribution in [1.82, 2.24) is 15.0 Å². The predicted molar refractivity (Wildman–Crippen MR) is 102 cm³/mol. The van der Waals surface area contributed by atoms with Gasteiger partial charge in [-0.3, -0.25) is 4.98 Å². The molecule has 0 unspecified atom stereocenters. The van der Waals surface area contributed by atoms with E-state index in [1.807, 2.05) is 31.3 Å². The van der Waals surface area contributed by atoms with Gasteiger partial charge in [0.05, 0.1) is 11.2 Å². The van der Waals surface area contributed by atoms with E-state index in [0.29, 0.717) is 12.0 Å². The Morgan fingerprint density at radius 3 is 2.64 bits per heavy atom. The number of nitrogens with two attached hydrogens (primary N) is 1. The number of aryl methyl sites for hydroxylation is 1. The Kier molecular flexibility index (Phi) is 4.22. The maximum absolute atomic E-state index is 5.92. The van der Waals surface area contributed by atoms with Crippen LogP contribution >= 0.6 is 0 Å².